The van der Waals surface area contributed by atoms with Crippen LogP contribution in [0.3, 0.4) is 0 Å². The molecule has 0 aliphatic heterocycles. The van der Waals surface area contributed by atoms with Gasteiger partial charge in [0.15, 0.2) is 0 Å². The summed E-state index contributed by atoms with van der Waals surface area (Å²) in [6.07, 6.45) is 9.43. The van der Waals surface area contributed by atoms with E-state index in [1.165, 1.54) is 12.8 Å². The lowest BCUT2D eigenvalue weighted by Gasteiger charge is -2.28. The fourth-order valence-electron chi connectivity index (χ4n) is 3.79. The van der Waals surface area contributed by atoms with E-state index >= 15 is 0 Å². The van der Waals surface area contributed by atoms with Gasteiger partial charge < -0.3 is 16.2 Å². The van der Waals surface area contributed by atoms with Gasteiger partial charge in [0, 0.05) is 25.6 Å². The molecule has 2 rings (SSSR count). The Morgan fingerprint density at radius 2 is 1.95 bits per heavy atom. The third-order valence-corrected chi connectivity index (χ3v) is 5.13. The summed E-state index contributed by atoms with van der Waals surface area (Å²) in [7, 11) is 0. The van der Waals surface area contributed by atoms with Gasteiger partial charge in [-0.05, 0) is 43.4 Å². The largest absolute Gasteiger partial charge is 0.396 e. The molecule has 2 aliphatic rings. The van der Waals surface area contributed by atoms with Crippen LogP contribution < -0.4 is 11.1 Å². The predicted octanol–water partition coefficient (Wildman–Crippen LogP) is 1.98. The van der Waals surface area contributed by atoms with Crippen molar-refractivity contribution in [3.63, 3.8) is 0 Å². The normalized spacial score (nSPS) is 28.1. The number of rotatable bonds is 6. The highest BCUT2D eigenvalue weighted by Gasteiger charge is 2.34. The van der Waals surface area contributed by atoms with Crippen LogP contribution in [0.15, 0.2) is 0 Å². The molecule has 2 atom stereocenters. The number of nitrogens with one attached hydrogen (secondary N) is 1. The van der Waals surface area contributed by atoms with Gasteiger partial charge in [-0.25, -0.2) is 0 Å². The molecule has 0 aromatic rings. The molecule has 0 spiro atoms. The van der Waals surface area contributed by atoms with Crippen molar-refractivity contribution in [2.75, 3.05) is 13.2 Å². The zero-order valence-corrected chi connectivity index (χ0v) is 13.1. The van der Waals surface area contributed by atoms with E-state index in [0.717, 1.165) is 45.1 Å². The molecule has 2 aliphatic carbocycles. The van der Waals surface area contributed by atoms with Gasteiger partial charge in [0.2, 0.25) is 5.91 Å². The van der Waals surface area contributed by atoms with E-state index in [-0.39, 0.29) is 36.4 Å². The molecule has 2 saturated carbocycles. The second-order valence-corrected chi connectivity index (χ2v) is 6.52. The van der Waals surface area contributed by atoms with E-state index in [0.29, 0.717) is 12.3 Å². The standard InChI is InChI=1S/C15H28N2O2.ClH/c16-13-5-3-4-12(13)10-14(19)17-11-15(8-9-18)6-1-2-7-15;/h12-13,18H,1-11,16H2,(H,17,19);1H/t12-,13+;/m0./s1. The van der Waals surface area contributed by atoms with Crippen LogP contribution in [0.5, 0.6) is 0 Å². The molecule has 0 unspecified atom stereocenters. The molecule has 0 radical (unpaired) electrons. The number of carbonyl (C=O) groups is 1. The van der Waals surface area contributed by atoms with Gasteiger partial charge in [-0.1, -0.05) is 19.3 Å². The molecule has 4 N–H and O–H groups in total. The number of aliphatic hydroxyl groups excluding tert-OH is 1. The Balaban J connectivity index is 0.00000200. The molecule has 1 amide bonds. The zero-order chi connectivity index (χ0) is 13.7. The molecule has 118 valence electrons. The van der Waals surface area contributed by atoms with Crippen LogP contribution in [0.2, 0.25) is 0 Å². The second kappa shape index (κ2) is 8.20. The highest BCUT2D eigenvalue weighted by atomic mass is 35.5. The van der Waals surface area contributed by atoms with E-state index in [1.54, 1.807) is 0 Å². The van der Waals surface area contributed by atoms with E-state index < -0.39 is 0 Å². The Hall–Kier alpha value is -0.320. The Morgan fingerprint density at radius 1 is 1.25 bits per heavy atom. The zero-order valence-electron chi connectivity index (χ0n) is 12.3. The summed E-state index contributed by atoms with van der Waals surface area (Å²) in [4.78, 5) is 12.0. The molecule has 0 heterocycles. The fourth-order valence-corrected chi connectivity index (χ4v) is 3.79. The minimum atomic E-state index is 0. The first-order chi connectivity index (χ1) is 9.15. The number of amides is 1. The predicted molar refractivity (Wildman–Crippen MR) is 82.8 cm³/mol. The van der Waals surface area contributed by atoms with E-state index in [4.69, 9.17) is 5.73 Å². The summed E-state index contributed by atoms with van der Waals surface area (Å²) in [6.45, 7) is 0.956. The minimum absolute atomic E-state index is 0. The molecule has 5 heteroatoms. The Kier molecular flexibility index (Phi) is 7.27. The van der Waals surface area contributed by atoms with Gasteiger partial charge >= 0.3 is 0 Å². The summed E-state index contributed by atoms with van der Waals surface area (Å²) in [5.41, 5.74) is 6.16. The highest BCUT2D eigenvalue weighted by molar-refractivity contribution is 5.85. The molecule has 20 heavy (non-hydrogen) atoms. The van der Waals surface area contributed by atoms with Crippen LogP contribution in [0.25, 0.3) is 0 Å². The average Bonchev–Trinajstić information content (AvgIpc) is 2.99. The number of hydrogen-bond acceptors (Lipinski definition) is 3. The van der Waals surface area contributed by atoms with Gasteiger partial charge in [0.1, 0.15) is 0 Å². The Morgan fingerprint density at radius 3 is 2.50 bits per heavy atom. The quantitative estimate of drug-likeness (QED) is 0.702. The van der Waals surface area contributed by atoms with Gasteiger partial charge in [0.25, 0.3) is 0 Å². The maximum absolute atomic E-state index is 12.0. The van der Waals surface area contributed by atoms with E-state index in [2.05, 4.69) is 5.32 Å². The molecular formula is C15H29ClN2O2. The third-order valence-electron chi connectivity index (χ3n) is 5.13. The first-order valence-corrected chi connectivity index (χ1v) is 7.78. The smallest absolute Gasteiger partial charge is 0.220 e. The van der Waals surface area contributed by atoms with Crippen LogP contribution in [-0.4, -0.2) is 30.2 Å². The van der Waals surface area contributed by atoms with Gasteiger partial charge in [-0.3, -0.25) is 4.79 Å². The number of halogens is 1. The van der Waals surface area contributed by atoms with Crippen molar-refractivity contribution in [1.29, 1.82) is 0 Å². The van der Waals surface area contributed by atoms with Crippen LogP contribution in [0.4, 0.5) is 0 Å². The first-order valence-electron chi connectivity index (χ1n) is 7.78. The lowest BCUT2D eigenvalue weighted by Crippen LogP contribution is -2.38. The lowest BCUT2D eigenvalue weighted by molar-refractivity contribution is -0.122. The average molecular weight is 305 g/mol. The van der Waals surface area contributed by atoms with E-state index in [9.17, 15) is 9.90 Å². The first kappa shape index (κ1) is 17.7. The molecule has 0 aromatic carbocycles. The monoisotopic (exact) mass is 304 g/mol. The van der Waals surface area contributed by atoms with Crippen molar-refractivity contribution in [2.24, 2.45) is 17.1 Å². The van der Waals surface area contributed by atoms with Crippen molar-refractivity contribution in [3.05, 3.63) is 0 Å². The fraction of sp³-hybridized carbons (Fsp3) is 0.933. The Bertz CT molecular complexity index is 306. The molecular weight excluding hydrogens is 276 g/mol. The van der Waals surface area contributed by atoms with Crippen molar-refractivity contribution >= 4 is 18.3 Å². The maximum atomic E-state index is 12.0. The number of nitrogens with two attached hydrogens (primary N) is 1. The second-order valence-electron chi connectivity index (χ2n) is 6.52. The van der Waals surface area contributed by atoms with E-state index in [1.807, 2.05) is 0 Å². The number of carbonyl (C=O) groups excluding carboxylic acids is 1. The maximum Gasteiger partial charge on any atom is 0.220 e. The van der Waals surface area contributed by atoms with Crippen molar-refractivity contribution < 1.29 is 9.90 Å². The summed E-state index contributed by atoms with van der Waals surface area (Å²) < 4.78 is 0. The van der Waals surface area contributed by atoms with Crippen molar-refractivity contribution in [1.82, 2.24) is 5.32 Å². The van der Waals surface area contributed by atoms with Crippen molar-refractivity contribution in [3.8, 4) is 0 Å². The lowest BCUT2D eigenvalue weighted by atomic mass is 9.83. The molecule has 0 aromatic heterocycles. The molecule has 2 fully saturated rings. The van der Waals surface area contributed by atoms with Crippen LogP contribution in [-0.2, 0) is 4.79 Å². The van der Waals surface area contributed by atoms with Gasteiger partial charge in [-0.2, -0.15) is 0 Å². The molecule has 0 bridgehead atoms. The minimum Gasteiger partial charge on any atom is -0.396 e. The molecule has 4 nitrogen and oxygen atoms in total. The number of hydrogen-bond donors (Lipinski definition) is 3. The highest BCUT2D eigenvalue weighted by Crippen LogP contribution is 2.40. The topological polar surface area (TPSA) is 75.4 Å². The number of aliphatic hydroxyl groups is 1. The van der Waals surface area contributed by atoms with Crippen LogP contribution in [0.1, 0.15) is 57.8 Å². The van der Waals surface area contributed by atoms with Gasteiger partial charge in [-0.15, -0.1) is 12.4 Å². The molecule has 0 saturated heterocycles. The summed E-state index contributed by atoms with van der Waals surface area (Å²) in [6, 6.07) is 0.212. The van der Waals surface area contributed by atoms with Crippen LogP contribution >= 0.6 is 12.4 Å². The van der Waals surface area contributed by atoms with Gasteiger partial charge in [0.05, 0.1) is 0 Å². The van der Waals surface area contributed by atoms with Crippen molar-refractivity contribution in [2.45, 2.75) is 63.8 Å². The summed E-state index contributed by atoms with van der Waals surface area (Å²) in [5.74, 6) is 0.518. The summed E-state index contributed by atoms with van der Waals surface area (Å²) in [5, 5.41) is 12.3. The Labute approximate surface area is 128 Å². The third kappa shape index (κ3) is 4.61. The van der Waals surface area contributed by atoms with Crippen LogP contribution in [0, 0.1) is 11.3 Å². The SMILES string of the molecule is Cl.N[C@@H]1CCC[C@H]1CC(=O)NCC1(CCO)CCCC1. The summed E-state index contributed by atoms with van der Waals surface area (Å²) >= 11 is 0.